The Balaban J connectivity index is 2.53. The molecule has 4 nitrogen and oxygen atoms in total. The van der Waals surface area contributed by atoms with E-state index in [1.165, 1.54) is 0 Å². The largest absolute Gasteiger partial charge is 0.394 e. The maximum Gasteiger partial charge on any atom is 0.107 e. The van der Waals surface area contributed by atoms with Gasteiger partial charge in [0.1, 0.15) is 6.10 Å². The first-order chi connectivity index (χ1) is 5.20. The summed E-state index contributed by atoms with van der Waals surface area (Å²) in [4.78, 5) is 0. The highest BCUT2D eigenvalue weighted by atomic mass is 16.5. The molecule has 0 bridgehead atoms. The molecule has 4 atom stereocenters. The zero-order valence-corrected chi connectivity index (χ0v) is 6.47. The van der Waals surface area contributed by atoms with Crippen LogP contribution in [-0.4, -0.2) is 46.8 Å². The van der Waals surface area contributed by atoms with Gasteiger partial charge in [-0.25, -0.2) is 0 Å². The second-order valence-corrected chi connectivity index (χ2v) is 2.93. The Morgan fingerprint density at radius 2 is 1.73 bits per heavy atom. The average molecular weight is 162 g/mol. The Hall–Kier alpha value is -0.160. The van der Waals surface area contributed by atoms with Gasteiger partial charge >= 0.3 is 0 Å². The minimum Gasteiger partial charge on any atom is -0.394 e. The fraction of sp³-hybridized carbons (Fsp3) is 1.00. The van der Waals surface area contributed by atoms with Gasteiger partial charge in [0.05, 0.1) is 25.4 Å². The minimum atomic E-state index is -0.655. The normalized spacial score (nSPS) is 44.7. The third-order valence-corrected chi connectivity index (χ3v) is 2.22. The van der Waals surface area contributed by atoms with Crippen LogP contribution in [0.15, 0.2) is 0 Å². The summed E-state index contributed by atoms with van der Waals surface area (Å²) in [7, 11) is 0. The zero-order chi connectivity index (χ0) is 8.43. The van der Waals surface area contributed by atoms with Crippen LogP contribution in [0.1, 0.15) is 6.92 Å². The molecule has 1 aliphatic heterocycles. The monoisotopic (exact) mass is 162 g/mol. The number of hydrogen-bond donors (Lipinski definition) is 3. The second-order valence-electron chi connectivity index (χ2n) is 2.93. The van der Waals surface area contributed by atoms with Crippen LogP contribution in [0.3, 0.4) is 0 Å². The molecule has 0 saturated carbocycles. The summed E-state index contributed by atoms with van der Waals surface area (Å²) in [6, 6.07) is 0. The van der Waals surface area contributed by atoms with Crippen molar-refractivity contribution < 1.29 is 20.1 Å². The van der Waals surface area contributed by atoms with Gasteiger partial charge in [0, 0.05) is 5.92 Å². The lowest BCUT2D eigenvalue weighted by Crippen LogP contribution is -2.28. The molecule has 0 spiro atoms. The molecule has 1 aliphatic rings. The van der Waals surface area contributed by atoms with Gasteiger partial charge in [0.15, 0.2) is 0 Å². The molecular formula is C7H14O4. The molecule has 0 aromatic carbocycles. The Kier molecular flexibility index (Phi) is 2.84. The van der Waals surface area contributed by atoms with Crippen LogP contribution < -0.4 is 0 Å². The summed E-state index contributed by atoms with van der Waals surface area (Å²) in [6.45, 7) is 1.50. The molecule has 1 rings (SSSR count). The van der Waals surface area contributed by atoms with E-state index in [9.17, 15) is 5.11 Å². The molecule has 66 valence electrons. The zero-order valence-electron chi connectivity index (χ0n) is 6.47. The fourth-order valence-corrected chi connectivity index (χ4v) is 1.35. The van der Waals surface area contributed by atoms with Crippen LogP contribution in [-0.2, 0) is 4.74 Å². The van der Waals surface area contributed by atoms with Crippen molar-refractivity contribution in [3.63, 3.8) is 0 Å². The number of aliphatic hydroxyl groups is 3. The molecule has 0 aromatic rings. The van der Waals surface area contributed by atoms with Crippen LogP contribution in [0.25, 0.3) is 0 Å². The van der Waals surface area contributed by atoms with Gasteiger partial charge in [-0.3, -0.25) is 0 Å². The quantitative estimate of drug-likeness (QED) is 0.474. The van der Waals surface area contributed by atoms with Crippen LogP contribution in [0.4, 0.5) is 0 Å². The van der Waals surface area contributed by atoms with E-state index in [1.807, 2.05) is 0 Å². The molecule has 11 heavy (non-hydrogen) atoms. The SMILES string of the molecule is C[C@@H]1C(CO)O[C@H](CO)[C@H]1O. The summed E-state index contributed by atoms with van der Waals surface area (Å²) in [5.74, 6) is -0.0999. The second kappa shape index (κ2) is 3.49. The molecule has 0 amide bonds. The van der Waals surface area contributed by atoms with E-state index in [0.29, 0.717) is 0 Å². The molecule has 1 saturated heterocycles. The molecule has 1 heterocycles. The average Bonchev–Trinajstić information content (AvgIpc) is 2.30. The highest BCUT2D eigenvalue weighted by Gasteiger charge is 2.39. The number of hydrogen-bond acceptors (Lipinski definition) is 4. The van der Waals surface area contributed by atoms with Crippen LogP contribution >= 0.6 is 0 Å². The molecular weight excluding hydrogens is 148 g/mol. The van der Waals surface area contributed by atoms with E-state index < -0.39 is 12.2 Å². The lowest BCUT2D eigenvalue weighted by molar-refractivity contribution is -0.0362. The molecule has 4 heteroatoms. The lowest BCUT2D eigenvalue weighted by atomic mass is 9.99. The number of rotatable bonds is 2. The van der Waals surface area contributed by atoms with Crippen molar-refractivity contribution in [1.82, 2.24) is 0 Å². The predicted octanol–water partition coefficient (Wildman–Crippen LogP) is -1.26. The third kappa shape index (κ3) is 1.54. The lowest BCUT2D eigenvalue weighted by Gasteiger charge is -2.11. The first-order valence-corrected chi connectivity index (χ1v) is 3.76. The standard InChI is InChI=1S/C7H14O4/c1-4-5(2-8)11-6(3-9)7(4)10/h4-10H,2-3H2,1H3/t4-,5?,6-,7+/m1/s1. The third-order valence-electron chi connectivity index (χ3n) is 2.22. The smallest absolute Gasteiger partial charge is 0.107 e. The molecule has 0 aliphatic carbocycles. The van der Waals surface area contributed by atoms with Gasteiger partial charge in [-0.05, 0) is 0 Å². The van der Waals surface area contributed by atoms with E-state index >= 15 is 0 Å². The Morgan fingerprint density at radius 3 is 2.00 bits per heavy atom. The van der Waals surface area contributed by atoms with Crippen molar-refractivity contribution in [2.24, 2.45) is 5.92 Å². The topological polar surface area (TPSA) is 69.9 Å². The molecule has 1 unspecified atom stereocenters. The number of aliphatic hydroxyl groups excluding tert-OH is 3. The highest BCUT2D eigenvalue weighted by Crippen LogP contribution is 2.25. The summed E-state index contributed by atoms with van der Waals surface area (Å²) in [6.07, 6.45) is -1.51. The Labute approximate surface area is 65.4 Å². The summed E-state index contributed by atoms with van der Waals surface area (Å²) >= 11 is 0. The van der Waals surface area contributed by atoms with Crippen molar-refractivity contribution in [3.8, 4) is 0 Å². The van der Waals surface area contributed by atoms with Gasteiger partial charge < -0.3 is 20.1 Å². The number of ether oxygens (including phenoxy) is 1. The highest BCUT2D eigenvalue weighted by molar-refractivity contribution is 4.87. The van der Waals surface area contributed by atoms with Gasteiger partial charge in [-0.15, -0.1) is 0 Å². The molecule has 0 aromatic heterocycles. The fourth-order valence-electron chi connectivity index (χ4n) is 1.35. The Bertz CT molecular complexity index is 110. The molecule has 3 N–H and O–H groups in total. The molecule has 0 radical (unpaired) electrons. The van der Waals surface area contributed by atoms with Gasteiger partial charge in [-0.2, -0.15) is 0 Å². The summed E-state index contributed by atoms with van der Waals surface area (Å²) in [5, 5.41) is 26.8. The first-order valence-electron chi connectivity index (χ1n) is 3.76. The Morgan fingerprint density at radius 1 is 1.18 bits per heavy atom. The van der Waals surface area contributed by atoms with E-state index in [1.54, 1.807) is 6.92 Å². The van der Waals surface area contributed by atoms with Gasteiger partial charge in [-0.1, -0.05) is 6.92 Å². The summed E-state index contributed by atoms with van der Waals surface area (Å²) < 4.78 is 5.13. The molecule has 1 fully saturated rings. The van der Waals surface area contributed by atoms with Crippen molar-refractivity contribution in [3.05, 3.63) is 0 Å². The van der Waals surface area contributed by atoms with Gasteiger partial charge in [0.2, 0.25) is 0 Å². The van der Waals surface area contributed by atoms with Gasteiger partial charge in [0.25, 0.3) is 0 Å². The predicted molar refractivity (Wildman–Crippen MR) is 38.0 cm³/mol. The van der Waals surface area contributed by atoms with Crippen LogP contribution in [0, 0.1) is 5.92 Å². The van der Waals surface area contributed by atoms with Crippen molar-refractivity contribution >= 4 is 0 Å². The van der Waals surface area contributed by atoms with Crippen LogP contribution in [0.5, 0.6) is 0 Å². The maximum absolute atomic E-state index is 9.36. The summed E-state index contributed by atoms with van der Waals surface area (Å²) in [5.41, 5.74) is 0. The van der Waals surface area contributed by atoms with E-state index in [-0.39, 0.29) is 25.2 Å². The van der Waals surface area contributed by atoms with E-state index in [4.69, 9.17) is 14.9 Å². The van der Waals surface area contributed by atoms with E-state index in [2.05, 4.69) is 0 Å². The van der Waals surface area contributed by atoms with Crippen molar-refractivity contribution in [2.75, 3.05) is 13.2 Å². The maximum atomic E-state index is 9.36. The van der Waals surface area contributed by atoms with Crippen molar-refractivity contribution in [2.45, 2.75) is 25.2 Å². The minimum absolute atomic E-state index is 0.0999. The van der Waals surface area contributed by atoms with Crippen molar-refractivity contribution in [1.29, 1.82) is 0 Å². The van der Waals surface area contributed by atoms with E-state index in [0.717, 1.165) is 0 Å². The van der Waals surface area contributed by atoms with Crippen LogP contribution in [0.2, 0.25) is 0 Å². The first kappa shape index (κ1) is 8.93.